The molecule has 0 spiro atoms. The van der Waals surface area contributed by atoms with Crippen molar-refractivity contribution in [3.8, 4) is 0 Å². The molecule has 1 aliphatic heterocycles. The van der Waals surface area contributed by atoms with Crippen molar-refractivity contribution in [3.05, 3.63) is 35.4 Å². The van der Waals surface area contributed by atoms with E-state index in [-0.39, 0.29) is 17.2 Å². The predicted molar refractivity (Wildman–Crippen MR) is 72.9 cm³/mol. The Bertz CT molecular complexity index is 446. The molecule has 0 aromatic heterocycles. The molecule has 1 aromatic carbocycles. The predicted octanol–water partition coefficient (Wildman–Crippen LogP) is 2.93. The molecule has 0 radical (unpaired) electrons. The first kappa shape index (κ1) is 14.4. The van der Waals surface area contributed by atoms with Gasteiger partial charge in [-0.3, -0.25) is 4.90 Å². The van der Waals surface area contributed by atoms with Crippen molar-refractivity contribution < 1.29 is 8.78 Å². The van der Waals surface area contributed by atoms with Gasteiger partial charge >= 0.3 is 0 Å². The van der Waals surface area contributed by atoms with Gasteiger partial charge in [0, 0.05) is 23.7 Å². The topological polar surface area (TPSA) is 15.3 Å². The molecule has 2 rings (SSSR count). The molecule has 19 heavy (non-hydrogen) atoms. The summed E-state index contributed by atoms with van der Waals surface area (Å²) >= 11 is 0. The van der Waals surface area contributed by atoms with Crippen LogP contribution in [0.3, 0.4) is 0 Å². The zero-order chi connectivity index (χ0) is 14.0. The first-order chi connectivity index (χ1) is 8.87. The van der Waals surface area contributed by atoms with Crippen LogP contribution < -0.4 is 5.32 Å². The van der Waals surface area contributed by atoms with E-state index in [1.54, 1.807) is 0 Å². The quantitative estimate of drug-likeness (QED) is 0.906. The number of hydrogen-bond acceptors (Lipinski definition) is 2. The van der Waals surface area contributed by atoms with Crippen molar-refractivity contribution in [2.75, 3.05) is 13.6 Å². The Morgan fingerprint density at radius 2 is 2.11 bits per heavy atom. The zero-order valence-corrected chi connectivity index (χ0v) is 11.8. The van der Waals surface area contributed by atoms with Gasteiger partial charge in [-0.25, -0.2) is 8.78 Å². The van der Waals surface area contributed by atoms with Crippen LogP contribution in [-0.2, 0) is 6.54 Å². The minimum atomic E-state index is -0.379. The summed E-state index contributed by atoms with van der Waals surface area (Å²) in [5.41, 5.74) is 0.538. The van der Waals surface area contributed by atoms with Crippen LogP contribution >= 0.6 is 0 Å². The van der Waals surface area contributed by atoms with Gasteiger partial charge in [-0.15, -0.1) is 0 Å². The highest BCUT2D eigenvalue weighted by Crippen LogP contribution is 2.23. The van der Waals surface area contributed by atoms with Gasteiger partial charge in [0.2, 0.25) is 0 Å². The van der Waals surface area contributed by atoms with E-state index < -0.39 is 0 Å². The first-order valence-corrected chi connectivity index (χ1v) is 6.76. The van der Waals surface area contributed by atoms with Crippen LogP contribution in [0.15, 0.2) is 18.2 Å². The molecule has 106 valence electrons. The SMILES string of the molecule is CN(Cc1cc(F)ccc1F)C1CCNC(C)(C)C1. The summed E-state index contributed by atoms with van der Waals surface area (Å²) in [5, 5.41) is 3.47. The van der Waals surface area contributed by atoms with Gasteiger partial charge in [0.15, 0.2) is 0 Å². The minimum absolute atomic E-state index is 0.109. The second kappa shape index (κ2) is 5.55. The van der Waals surface area contributed by atoms with Crippen LogP contribution in [0.4, 0.5) is 8.78 Å². The second-order valence-electron chi connectivity index (χ2n) is 6.11. The number of benzene rings is 1. The smallest absolute Gasteiger partial charge is 0.127 e. The third-order valence-corrected chi connectivity index (χ3v) is 3.88. The summed E-state index contributed by atoms with van der Waals surface area (Å²) in [4.78, 5) is 2.13. The molecular weight excluding hydrogens is 246 g/mol. The molecule has 0 bridgehead atoms. The number of rotatable bonds is 3. The van der Waals surface area contributed by atoms with Crippen LogP contribution in [0.25, 0.3) is 0 Å². The fourth-order valence-electron chi connectivity index (χ4n) is 2.78. The average Bonchev–Trinajstić information content (AvgIpc) is 2.32. The lowest BCUT2D eigenvalue weighted by molar-refractivity contribution is 0.137. The van der Waals surface area contributed by atoms with Gasteiger partial charge in [0.25, 0.3) is 0 Å². The Labute approximate surface area is 113 Å². The molecule has 0 saturated carbocycles. The molecule has 1 saturated heterocycles. The van der Waals surface area contributed by atoms with Gasteiger partial charge in [-0.1, -0.05) is 0 Å². The van der Waals surface area contributed by atoms with Crippen LogP contribution in [0.5, 0.6) is 0 Å². The van der Waals surface area contributed by atoms with E-state index in [9.17, 15) is 8.78 Å². The fourth-order valence-corrected chi connectivity index (χ4v) is 2.78. The monoisotopic (exact) mass is 268 g/mol. The highest BCUT2D eigenvalue weighted by molar-refractivity contribution is 5.18. The normalized spacial score (nSPS) is 22.7. The van der Waals surface area contributed by atoms with Crippen molar-refractivity contribution in [3.63, 3.8) is 0 Å². The average molecular weight is 268 g/mol. The second-order valence-corrected chi connectivity index (χ2v) is 6.11. The third-order valence-electron chi connectivity index (χ3n) is 3.88. The molecule has 0 aliphatic carbocycles. The summed E-state index contributed by atoms with van der Waals surface area (Å²) in [5.74, 6) is -0.711. The van der Waals surface area contributed by atoms with E-state index in [4.69, 9.17) is 0 Å². The Morgan fingerprint density at radius 3 is 2.79 bits per heavy atom. The maximum absolute atomic E-state index is 13.6. The summed E-state index contributed by atoms with van der Waals surface area (Å²) in [7, 11) is 1.98. The Morgan fingerprint density at radius 1 is 1.37 bits per heavy atom. The Kier molecular flexibility index (Phi) is 4.21. The van der Waals surface area contributed by atoms with Gasteiger partial charge in [-0.05, 0) is 58.5 Å². The van der Waals surface area contributed by atoms with Gasteiger partial charge < -0.3 is 5.32 Å². The van der Waals surface area contributed by atoms with Crippen molar-refractivity contribution in [2.45, 2.75) is 44.8 Å². The standard InChI is InChI=1S/C15H22F2N2/c1-15(2)9-13(6-7-18-15)19(3)10-11-8-12(16)4-5-14(11)17/h4-5,8,13,18H,6-7,9-10H2,1-3H3. The number of nitrogens with zero attached hydrogens (tertiary/aromatic N) is 1. The van der Waals surface area contributed by atoms with E-state index in [1.165, 1.54) is 12.1 Å². The van der Waals surface area contributed by atoms with Crippen LogP contribution in [0.2, 0.25) is 0 Å². The number of hydrogen-bond donors (Lipinski definition) is 1. The number of halogens is 2. The zero-order valence-electron chi connectivity index (χ0n) is 11.8. The molecule has 4 heteroatoms. The first-order valence-electron chi connectivity index (χ1n) is 6.76. The number of nitrogens with one attached hydrogen (secondary N) is 1. The molecular formula is C15H22F2N2. The maximum Gasteiger partial charge on any atom is 0.127 e. The molecule has 1 atom stereocenters. The molecule has 2 nitrogen and oxygen atoms in total. The summed E-state index contributed by atoms with van der Waals surface area (Å²) in [6.45, 7) is 5.77. The fraction of sp³-hybridized carbons (Fsp3) is 0.600. The molecule has 0 amide bonds. The largest absolute Gasteiger partial charge is 0.312 e. The maximum atomic E-state index is 13.6. The van der Waals surface area contributed by atoms with Crippen molar-refractivity contribution in [2.24, 2.45) is 0 Å². The lowest BCUT2D eigenvalue weighted by atomic mass is 9.88. The Balaban J connectivity index is 2.04. The van der Waals surface area contributed by atoms with E-state index in [0.717, 1.165) is 25.5 Å². The van der Waals surface area contributed by atoms with Gasteiger partial charge in [0.1, 0.15) is 11.6 Å². The van der Waals surface area contributed by atoms with E-state index in [0.29, 0.717) is 18.2 Å². The van der Waals surface area contributed by atoms with E-state index >= 15 is 0 Å². The Hall–Kier alpha value is -1.00. The molecule has 1 unspecified atom stereocenters. The van der Waals surface area contributed by atoms with Crippen LogP contribution in [0, 0.1) is 11.6 Å². The minimum Gasteiger partial charge on any atom is -0.312 e. The van der Waals surface area contributed by atoms with Gasteiger partial charge in [-0.2, -0.15) is 0 Å². The molecule has 1 N–H and O–H groups in total. The highest BCUT2D eigenvalue weighted by atomic mass is 19.1. The molecule has 1 fully saturated rings. The molecule has 1 aromatic rings. The third kappa shape index (κ3) is 3.74. The van der Waals surface area contributed by atoms with Crippen molar-refractivity contribution in [1.82, 2.24) is 10.2 Å². The lowest BCUT2D eigenvalue weighted by Gasteiger charge is -2.40. The molecule has 1 aliphatic rings. The van der Waals surface area contributed by atoms with E-state index in [2.05, 4.69) is 24.1 Å². The van der Waals surface area contributed by atoms with Crippen LogP contribution in [-0.4, -0.2) is 30.1 Å². The van der Waals surface area contributed by atoms with Crippen molar-refractivity contribution in [1.29, 1.82) is 0 Å². The summed E-state index contributed by atoms with van der Waals surface area (Å²) < 4.78 is 26.8. The van der Waals surface area contributed by atoms with Crippen LogP contribution in [0.1, 0.15) is 32.3 Å². The van der Waals surface area contributed by atoms with E-state index in [1.807, 2.05) is 7.05 Å². The number of piperidine rings is 1. The lowest BCUT2D eigenvalue weighted by Crippen LogP contribution is -2.52. The summed E-state index contributed by atoms with van der Waals surface area (Å²) in [6, 6.07) is 4.05. The highest BCUT2D eigenvalue weighted by Gasteiger charge is 2.29. The van der Waals surface area contributed by atoms with Gasteiger partial charge in [0.05, 0.1) is 0 Å². The van der Waals surface area contributed by atoms with Crippen molar-refractivity contribution >= 4 is 0 Å². The molecule has 1 heterocycles. The summed E-state index contributed by atoms with van der Waals surface area (Å²) in [6.07, 6.45) is 2.05.